The summed E-state index contributed by atoms with van der Waals surface area (Å²) in [6.07, 6.45) is 4.17. The van der Waals surface area contributed by atoms with E-state index in [-0.39, 0.29) is 22.5 Å². The molecule has 0 radical (unpaired) electrons. The van der Waals surface area contributed by atoms with Crippen LogP contribution in [0.5, 0.6) is 5.75 Å². The molecule has 0 aromatic heterocycles. The van der Waals surface area contributed by atoms with Gasteiger partial charge in [0.05, 0.1) is 9.95 Å². The lowest BCUT2D eigenvalue weighted by Gasteiger charge is -2.29. The third-order valence-corrected chi connectivity index (χ3v) is 4.46. The Labute approximate surface area is 150 Å². The quantitative estimate of drug-likeness (QED) is 0.612. The maximum absolute atomic E-state index is 11.9. The number of nitrogens with one attached hydrogen (secondary N) is 2. The lowest BCUT2D eigenvalue weighted by atomic mass is 9.86. The molecule has 1 aliphatic carbocycles. The summed E-state index contributed by atoms with van der Waals surface area (Å²) in [6.45, 7) is 1.65. The summed E-state index contributed by atoms with van der Waals surface area (Å²) in [5, 5.41) is 15.7. The number of halogens is 1. The van der Waals surface area contributed by atoms with Crippen LogP contribution < -0.4 is 15.4 Å². The van der Waals surface area contributed by atoms with Crippen LogP contribution in [0.1, 0.15) is 32.6 Å². The molecule has 3 amide bonds. The first kappa shape index (κ1) is 19.0. The Morgan fingerprint density at radius 1 is 1.36 bits per heavy atom. The minimum atomic E-state index is -0.629. The van der Waals surface area contributed by atoms with Crippen LogP contribution >= 0.6 is 11.6 Å². The van der Waals surface area contributed by atoms with E-state index in [1.165, 1.54) is 12.1 Å². The van der Waals surface area contributed by atoms with Crippen LogP contribution in [-0.2, 0) is 4.79 Å². The molecule has 2 atom stereocenters. The number of urea groups is 1. The van der Waals surface area contributed by atoms with Crippen molar-refractivity contribution in [1.29, 1.82) is 0 Å². The molecule has 1 aromatic rings. The monoisotopic (exact) mass is 369 g/mol. The Hall–Kier alpha value is -2.35. The van der Waals surface area contributed by atoms with Gasteiger partial charge in [-0.2, -0.15) is 0 Å². The number of hydrogen-bond donors (Lipinski definition) is 2. The number of rotatable bonds is 5. The molecule has 0 unspecified atom stereocenters. The predicted octanol–water partition coefficient (Wildman–Crippen LogP) is 3.03. The van der Waals surface area contributed by atoms with E-state index in [4.69, 9.17) is 16.3 Å². The number of amides is 3. The van der Waals surface area contributed by atoms with Crippen molar-refractivity contribution in [1.82, 2.24) is 10.6 Å². The van der Waals surface area contributed by atoms with Crippen LogP contribution in [0.2, 0.25) is 5.02 Å². The minimum Gasteiger partial charge on any atom is -0.482 e. The Morgan fingerprint density at radius 3 is 2.72 bits per heavy atom. The van der Waals surface area contributed by atoms with Gasteiger partial charge in [-0.3, -0.25) is 20.2 Å². The van der Waals surface area contributed by atoms with Crippen LogP contribution in [-0.4, -0.2) is 29.5 Å². The molecule has 1 fully saturated rings. The fraction of sp³-hybridized carbons (Fsp3) is 0.500. The number of hydrogen-bond acceptors (Lipinski definition) is 5. The summed E-state index contributed by atoms with van der Waals surface area (Å²) in [7, 11) is 0. The zero-order valence-corrected chi connectivity index (χ0v) is 14.5. The third kappa shape index (κ3) is 5.60. The van der Waals surface area contributed by atoms with Gasteiger partial charge in [-0.15, -0.1) is 0 Å². The van der Waals surface area contributed by atoms with Gasteiger partial charge in [0.1, 0.15) is 5.75 Å². The topological polar surface area (TPSA) is 111 Å². The summed E-state index contributed by atoms with van der Waals surface area (Å²) in [4.78, 5) is 33.7. The third-order valence-electron chi connectivity index (χ3n) is 4.17. The molecule has 0 heterocycles. The summed E-state index contributed by atoms with van der Waals surface area (Å²) in [6, 6.07) is 3.16. The highest BCUT2D eigenvalue weighted by molar-refractivity contribution is 6.32. The maximum atomic E-state index is 11.9. The number of non-ortho nitro benzene ring substituents is 1. The fourth-order valence-corrected chi connectivity index (χ4v) is 2.99. The van der Waals surface area contributed by atoms with Crippen LogP contribution in [0, 0.1) is 16.0 Å². The molecule has 1 aliphatic rings. The second-order valence-electron chi connectivity index (χ2n) is 6.05. The maximum Gasteiger partial charge on any atom is 0.321 e. The molecule has 2 N–H and O–H groups in total. The summed E-state index contributed by atoms with van der Waals surface area (Å²) in [5.74, 6) is -0.121. The van der Waals surface area contributed by atoms with Crippen molar-refractivity contribution in [3.63, 3.8) is 0 Å². The standard InChI is InChI=1S/C16H20ClN3O5/c1-10-4-2-3-5-13(10)18-16(22)19-15(21)9-25-14-7-6-11(20(23)24)8-12(14)17/h6-8,10,13H,2-5,9H2,1H3,(H2,18,19,21,22)/t10-,13-/m1/s1. The first-order valence-electron chi connectivity index (χ1n) is 8.04. The Balaban J connectivity index is 1.80. The summed E-state index contributed by atoms with van der Waals surface area (Å²) < 4.78 is 5.20. The lowest BCUT2D eigenvalue weighted by molar-refractivity contribution is -0.384. The van der Waals surface area contributed by atoms with Crippen LogP contribution in [0.25, 0.3) is 0 Å². The van der Waals surface area contributed by atoms with Crippen LogP contribution in [0.15, 0.2) is 18.2 Å². The van der Waals surface area contributed by atoms with E-state index in [0.29, 0.717) is 5.92 Å². The number of ether oxygens (including phenoxy) is 1. The Morgan fingerprint density at radius 2 is 2.08 bits per heavy atom. The van der Waals surface area contributed by atoms with Gasteiger partial charge in [0, 0.05) is 18.2 Å². The predicted molar refractivity (Wildman–Crippen MR) is 91.7 cm³/mol. The van der Waals surface area contributed by atoms with Gasteiger partial charge >= 0.3 is 6.03 Å². The SMILES string of the molecule is C[C@@H]1CCCC[C@H]1NC(=O)NC(=O)COc1ccc([N+](=O)[O-])cc1Cl. The van der Waals surface area contributed by atoms with Gasteiger partial charge < -0.3 is 10.1 Å². The molecular formula is C16H20ClN3O5. The molecule has 9 heteroatoms. The van der Waals surface area contributed by atoms with Crippen molar-refractivity contribution in [2.45, 2.75) is 38.6 Å². The molecule has 2 rings (SSSR count). The molecule has 0 saturated heterocycles. The highest BCUT2D eigenvalue weighted by Crippen LogP contribution is 2.28. The molecule has 1 aromatic carbocycles. The van der Waals surface area contributed by atoms with Crippen molar-refractivity contribution >= 4 is 29.2 Å². The van der Waals surface area contributed by atoms with E-state index in [0.717, 1.165) is 31.7 Å². The first-order valence-corrected chi connectivity index (χ1v) is 8.41. The zero-order chi connectivity index (χ0) is 18.4. The van der Waals surface area contributed by atoms with E-state index in [2.05, 4.69) is 17.6 Å². The van der Waals surface area contributed by atoms with Crippen LogP contribution in [0.4, 0.5) is 10.5 Å². The van der Waals surface area contributed by atoms with E-state index in [1.807, 2.05) is 0 Å². The molecule has 25 heavy (non-hydrogen) atoms. The molecular weight excluding hydrogens is 350 g/mol. The van der Waals surface area contributed by atoms with Gasteiger partial charge in [-0.1, -0.05) is 31.4 Å². The van der Waals surface area contributed by atoms with Crippen molar-refractivity contribution < 1.29 is 19.2 Å². The lowest BCUT2D eigenvalue weighted by Crippen LogP contribution is -2.48. The second-order valence-corrected chi connectivity index (χ2v) is 6.46. The Kier molecular flexibility index (Phi) is 6.58. The highest BCUT2D eigenvalue weighted by atomic mass is 35.5. The molecule has 0 aliphatic heterocycles. The van der Waals surface area contributed by atoms with Gasteiger partial charge in [-0.25, -0.2) is 4.79 Å². The van der Waals surface area contributed by atoms with E-state index < -0.39 is 23.5 Å². The first-order chi connectivity index (χ1) is 11.9. The second kappa shape index (κ2) is 8.66. The molecule has 1 saturated carbocycles. The van der Waals surface area contributed by atoms with Crippen molar-refractivity contribution in [3.8, 4) is 5.75 Å². The van der Waals surface area contributed by atoms with E-state index >= 15 is 0 Å². The van der Waals surface area contributed by atoms with Crippen molar-refractivity contribution in [2.75, 3.05) is 6.61 Å². The molecule has 0 spiro atoms. The van der Waals surface area contributed by atoms with Gasteiger partial charge in [0.25, 0.3) is 11.6 Å². The van der Waals surface area contributed by atoms with Gasteiger partial charge in [-0.05, 0) is 24.8 Å². The number of imide groups is 1. The largest absolute Gasteiger partial charge is 0.482 e. The summed E-state index contributed by atoms with van der Waals surface area (Å²) in [5.41, 5.74) is -0.178. The number of carbonyl (C=O) groups excluding carboxylic acids is 2. The Bertz CT molecular complexity index is 667. The molecule has 8 nitrogen and oxygen atoms in total. The average Bonchev–Trinajstić information content (AvgIpc) is 2.55. The van der Waals surface area contributed by atoms with Gasteiger partial charge in [0.2, 0.25) is 0 Å². The minimum absolute atomic E-state index is 0.0162. The smallest absolute Gasteiger partial charge is 0.321 e. The molecule has 0 bridgehead atoms. The number of nitrogens with zero attached hydrogens (tertiary/aromatic N) is 1. The zero-order valence-electron chi connectivity index (χ0n) is 13.8. The van der Waals surface area contributed by atoms with Crippen molar-refractivity contribution in [2.24, 2.45) is 5.92 Å². The average molecular weight is 370 g/mol. The fourth-order valence-electron chi connectivity index (χ4n) is 2.76. The van der Waals surface area contributed by atoms with Gasteiger partial charge in [0.15, 0.2) is 6.61 Å². The summed E-state index contributed by atoms with van der Waals surface area (Å²) >= 11 is 5.87. The molecule has 136 valence electrons. The normalized spacial score (nSPS) is 19.8. The number of carbonyl (C=O) groups is 2. The van der Waals surface area contributed by atoms with E-state index in [9.17, 15) is 19.7 Å². The highest BCUT2D eigenvalue weighted by Gasteiger charge is 2.23. The number of nitro benzene ring substituents is 1. The number of nitro groups is 1. The van der Waals surface area contributed by atoms with Crippen LogP contribution in [0.3, 0.4) is 0 Å². The number of benzene rings is 1. The van der Waals surface area contributed by atoms with E-state index in [1.54, 1.807) is 0 Å². The van der Waals surface area contributed by atoms with Crippen molar-refractivity contribution in [3.05, 3.63) is 33.3 Å².